The van der Waals surface area contributed by atoms with Gasteiger partial charge in [-0.2, -0.15) is 0 Å². The molecule has 7 heteroatoms. The van der Waals surface area contributed by atoms with Gasteiger partial charge in [0.2, 0.25) is 5.76 Å². The molecule has 2 unspecified atom stereocenters. The molecule has 1 aromatic heterocycles. The summed E-state index contributed by atoms with van der Waals surface area (Å²) in [6.07, 6.45) is 1.77. The van der Waals surface area contributed by atoms with E-state index in [-0.39, 0.29) is 23.2 Å². The van der Waals surface area contributed by atoms with Gasteiger partial charge in [0.15, 0.2) is 16.9 Å². The van der Waals surface area contributed by atoms with Gasteiger partial charge in [0, 0.05) is 13.2 Å². The summed E-state index contributed by atoms with van der Waals surface area (Å²) in [6.45, 7) is 1.07. The minimum absolute atomic E-state index is 0.0644. The Morgan fingerprint density at radius 3 is 2.61 bits per heavy atom. The number of ether oxygens (including phenoxy) is 3. The summed E-state index contributed by atoms with van der Waals surface area (Å²) in [5, 5.41) is 0.457. The molecule has 2 aromatic carbocycles. The lowest BCUT2D eigenvalue weighted by Gasteiger charge is -2.27. The second kappa shape index (κ2) is 7.74. The molecule has 5 rings (SSSR count). The quantitative estimate of drug-likeness (QED) is 0.627. The Balaban J connectivity index is 1.70. The summed E-state index contributed by atoms with van der Waals surface area (Å²) in [7, 11) is 3.12. The van der Waals surface area contributed by atoms with Crippen molar-refractivity contribution in [3.63, 3.8) is 0 Å². The maximum atomic E-state index is 13.5. The smallest absolute Gasteiger partial charge is 0.291 e. The molecule has 31 heavy (non-hydrogen) atoms. The van der Waals surface area contributed by atoms with Crippen molar-refractivity contribution < 1.29 is 23.4 Å². The number of amides is 1. The summed E-state index contributed by atoms with van der Waals surface area (Å²) in [6, 6.07) is 11.9. The molecule has 0 saturated carbocycles. The third kappa shape index (κ3) is 3.16. The van der Waals surface area contributed by atoms with Gasteiger partial charge in [-0.3, -0.25) is 9.59 Å². The summed E-state index contributed by atoms with van der Waals surface area (Å²) in [5.74, 6) is 0.907. The van der Waals surface area contributed by atoms with Crippen molar-refractivity contribution >= 4 is 16.9 Å². The van der Waals surface area contributed by atoms with Crippen LogP contribution in [0.3, 0.4) is 0 Å². The number of fused-ring (bicyclic) bond motifs is 2. The maximum absolute atomic E-state index is 13.5. The van der Waals surface area contributed by atoms with E-state index in [9.17, 15) is 9.59 Å². The number of methoxy groups -OCH3 is 2. The maximum Gasteiger partial charge on any atom is 0.291 e. The van der Waals surface area contributed by atoms with Crippen LogP contribution in [-0.2, 0) is 4.74 Å². The fraction of sp³-hybridized carbons (Fsp3) is 0.333. The number of carbonyl (C=O) groups is 1. The first kappa shape index (κ1) is 19.6. The number of rotatable bonds is 5. The standard InChI is InChI=1S/C24H23NO6/c1-28-18-10-9-14(12-19(18)29-2)21-20-22(26)16-7-3-4-8-17(16)31-23(20)24(27)25(21)13-15-6-5-11-30-15/h3-4,7-10,12,15,21H,5-6,11,13H2,1-2H3. The number of hydrogen-bond donors (Lipinski definition) is 0. The average Bonchev–Trinajstić information content (AvgIpc) is 3.41. The first-order valence-electron chi connectivity index (χ1n) is 10.3. The highest BCUT2D eigenvalue weighted by Gasteiger charge is 2.44. The van der Waals surface area contributed by atoms with Crippen LogP contribution < -0.4 is 14.9 Å². The van der Waals surface area contributed by atoms with Crippen LogP contribution in [0.2, 0.25) is 0 Å². The van der Waals surface area contributed by atoms with Gasteiger partial charge in [0.1, 0.15) is 5.58 Å². The zero-order valence-corrected chi connectivity index (χ0v) is 17.4. The van der Waals surface area contributed by atoms with E-state index in [0.717, 1.165) is 18.4 Å². The van der Waals surface area contributed by atoms with Crippen molar-refractivity contribution in [2.45, 2.75) is 25.0 Å². The van der Waals surface area contributed by atoms with Crippen LogP contribution in [-0.4, -0.2) is 44.3 Å². The van der Waals surface area contributed by atoms with Gasteiger partial charge < -0.3 is 23.5 Å². The Bertz CT molecular complexity index is 1210. The molecule has 0 bridgehead atoms. The highest BCUT2D eigenvalue weighted by atomic mass is 16.5. The van der Waals surface area contributed by atoms with Crippen LogP contribution in [0.15, 0.2) is 51.7 Å². The third-order valence-electron chi connectivity index (χ3n) is 6.02. The van der Waals surface area contributed by atoms with Crippen molar-refractivity contribution in [2.24, 2.45) is 0 Å². The molecule has 0 radical (unpaired) electrons. The Labute approximate surface area is 179 Å². The Hall–Kier alpha value is -3.32. The first-order chi connectivity index (χ1) is 15.1. The molecule has 1 saturated heterocycles. The first-order valence-corrected chi connectivity index (χ1v) is 10.3. The predicted molar refractivity (Wildman–Crippen MR) is 114 cm³/mol. The van der Waals surface area contributed by atoms with Crippen LogP contribution in [0.4, 0.5) is 0 Å². The monoisotopic (exact) mass is 421 g/mol. The van der Waals surface area contributed by atoms with Crippen LogP contribution in [0, 0.1) is 0 Å². The number of carbonyl (C=O) groups excluding carboxylic acids is 1. The summed E-state index contributed by atoms with van der Waals surface area (Å²) >= 11 is 0. The van der Waals surface area contributed by atoms with Crippen LogP contribution in [0.1, 0.15) is 40.6 Å². The fourth-order valence-corrected chi connectivity index (χ4v) is 4.53. The van der Waals surface area contributed by atoms with E-state index in [2.05, 4.69) is 0 Å². The van der Waals surface area contributed by atoms with E-state index in [0.29, 0.717) is 41.2 Å². The summed E-state index contributed by atoms with van der Waals surface area (Å²) in [4.78, 5) is 28.6. The van der Waals surface area contributed by atoms with E-state index < -0.39 is 6.04 Å². The molecule has 0 aliphatic carbocycles. The van der Waals surface area contributed by atoms with E-state index in [1.54, 1.807) is 49.5 Å². The molecule has 3 heterocycles. The highest BCUT2D eigenvalue weighted by Crippen LogP contribution is 2.41. The molecule has 0 N–H and O–H groups in total. The van der Waals surface area contributed by atoms with Gasteiger partial charge in [-0.1, -0.05) is 18.2 Å². The Kier molecular flexibility index (Phi) is 4.90. The van der Waals surface area contributed by atoms with Gasteiger partial charge in [0.25, 0.3) is 5.91 Å². The summed E-state index contributed by atoms with van der Waals surface area (Å²) in [5.41, 5.74) is 1.32. The largest absolute Gasteiger partial charge is 0.493 e. The predicted octanol–water partition coefficient (Wildman–Crippen LogP) is 3.53. The lowest BCUT2D eigenvalue weighted by molar-refractivity contribution is 0.0486. The van der Waals surface area contributed by atoms with Gasteiger partial charge in [0.05, 0.1) is 37.3 Å². The molecule has 2 aliphatic heterocycles. The number of para-hydroxylation sites is 1. The topological polar surface area (TPSA) is 78.2 Å². The molecule has 160 valence electrons. The van der Waals surface area contributed by atoms with Gasteiger partial charge in [-0.05, 0) is 42.7 Å². The molecular formula is C24H23NO6. The second-order valence-corrected chi connectivity index (χ2v) is 7.78. The van der Waals surface area contributed by atoms with E-state index in [4.69, 9.17) is 18.6 Å². The second-order valence-electron chi connectivity index (χ2n) is 7.78. The van der Waals surface area contributed by atoms with Gasteiger partial charge >= 0.3 is 0 Å². The molecule has 0 spiro atoms. The minimum Gasteiger partial charge on any atom is -0.493 e. The molecule has 2 atom stereocenters. The van der Waals surface area contributed by atoms with E-state index in [1.807, 2.05) is 12.1 Å². The Morgan fingerprint density at radius 1 is 1.06 bits per heavy atom. The normalized spacial score (nSPS) is 20.3. The molecule has 1 amide bonds. The molecular weight excluding hydrogens is 398 g/mol. The number of nitrogens with zero attached hydrogens (tertiary/aromatic N) is 1. The van der Waals surface area contributed by atoms with E-state index in [1.165, 1.54) is 0 Å². The van der Waals surface area contributed by atoms with Crippen molar-refractivity contribution in [1.29, 1.82) is 0 Å². The van der Waals surface area contributed by atoms with Crippen molar-refractivity contribution in [3.05, 3.63) is 69.6 Å². The highest BCUT2D eigenvalue weighted by molar-refractivity contribution is 5.99. The molecule has 3 aromatic rings. The van der Waals surface area contributed by atoms with Crippen LogP contribution in [0.5, 0.6) is 11.5 Å². The fourth-order valence-electron chi connectivity index (χ4n) is 4.53. The number of hydrogen-bond acceptors (Lipinski definition) is 6. The lowest BCUT2D eigenvalue weighted by atomic mass is 9.98. The minimum atomic E-state index is -0.590. The van der Waals surface area contributed by atoms with Crippen LogP contribution in [0.25, 0.3) is 11.0 Å². The molecule has 1 fully saturated rings. The Morgan fingerprint density at radius 2 is 1.87 bits per heavy atom. The SMILES string of the molecule is COc1ccc(C2c3c(oc4ccccc4c3=O)C(=O)N2CC2CCCO2)cc1OC. The van der Waals surface area contributed by atoms with Crippen LogP contribution >= 0.6 is 0 Å². The third-order valence-corrected chi connectivity index (χ3v) is 6.02. The lowest BCUT2D eigenvalue weighted by Crippen LogP contribution is -2.36. The zero-order valence-electron chi connectivity index (χ0n) is 17.4. The zero-order chi connectivity index (χ0) is 21.5. The molecule has 2 aliphatic rings. The van der Waals surface area contributed by atoms with Crippen molar-refractivity contribution in [1.82, 2.24) is 4.90 Å². The van der Waals surface area contributed by atoms with Crippen molar-refractivity contribution in [3.8, 4) is 11.5 Å². The van der Waals surface area contributed by atoms with Gasteiger partial charge in [-0.15, -0.1) is 0 Å². The van der Waals surface area contributed by atoms with Gasteiger partial charge in [-0.25, -0.2) is 0 Å². The number of benzene rings is 2. The molecule has 7 nitrogen and oxygen atoms in total. The summed E-state index contributed by atoms with van der Waals surface area (Å²) < 4.78 is 22.6. The average molecular weight is 421 g/mol. The van der Waals surface area contributed by atoms with Crippen molar-refractivity contribution in [2.75, 3.05) is 27.4 Å². The van der Waals surface area contributed by atoms with E-state index >= 15 is 0 Å².